The summed E-state index contributed by atoms with van der Waals surface area (Å²) in [6.07, 6.45) is 0.928. The molecular weight excluding hydrogens is 314 g/mol. The van der Waals surface area contributed by atoms with Crippen LogP contribution in [0, 0.1) is 0 Å². The summed E-state index contributed by atoms with van der Waals surface area (Å²) in [5, 5.41) is 3.38. The second kappa shape index (κ2) is 10.2. The molecule has 2 aromatic carbocycles. The maximum absolute atomic E-state index is 5.73. The third-order valence-corrected chi connectivity index (χ3v) is 3.87. The van der Waals surface area contributed by atoms with Crippen molar-refractivity contribution < 1.29 is 9.47 Å². The lowest BCUT2D eigenvalue weighted by Crippen LogP contribution is -2.41. The van der Waals surface area contributed by atoms with Crippen LogP contribution in [-0.2, 0) is 6.42 Å². The molecule has 0 radical (unpaired) electrons. The zero-order chi connectivity index (χ0) is 17.9. The Bertz CT molecular complexity index is 642. The fourth-order valence-electron chi connectivity index (χ4n) is 2.42. The van der Waals surface area contributed by atoms with Gasteiger partial charge in [0.2, 0.25) is 0 Å². The van der Waals surface area contributed by atoms with Crippen molar-refractivity contribution in [3.8, 4) is 11.5 Å². The van der Waals surface area contributed by atoms with Crippen LogP contribution in [0.2, 0.25) is 0 Å². The summed E-state index contributed by atoms with van der Waals surface area (Å²) in [6.45, 7) is 2.19. The van der Waals surface area contributed by atoms with Crippen molar-refractivity contribution in [2.24, 2.45) is 4.99 Å². The van der Waals surface area contributed by atoms with Gasteiger partial charge in [0.15, 0.2) is 5.96 Å². The lowest BCUT2D eigenvalue weighted by molar-refractivity contribution is 0.281. The molecule has 0 spiro atoms. The van der Waals surface area contributed by atoms with Gasteiger partial charge in [-0.25, -0.2) is 0 Å². The molecule has 1 N–H and O–H groups in total. The van der Waals surface area contributed by atoms with Gasteiger partial charge in [-0.3, -0.25) is 4.99 Å². The van der Waals surface area contributed by atoms with Gasteiger partial charge >= 0.3 is 0 Å². The minimum absolute atomic E-state index is 0.611. The molecule has 134 valence electrons. The van der Waals surface area contributed by atoms with Gasteiger partial charge in [0.25, 0.3) is 0 Å². The van der Waals surface area contributed by atoms with Crippen LogP contribution in [0.4, 0.5) is 0 Å². The lowest BCUT2D eigenvalue weighted by atomic mass is 10.1. The van der Waals surface area contributed by atoms with Crippen molar-refractivity contribution in [1.82, 2.24) is 10.2 Å². The van der Waals surface area contributed by atoms with Crippen LogP contribution < -0.4 is 14.8 Å². The van der Waals surface area contributed by atoms with Crippen LogP contribution in [-0.4, -0.2) is 51.8 Å². The highest BCUT2D eigenvalue weighted by Crippen LogP contribution is 2.11. The highest BCUT2D eigenvalue weighted by molar-refractivity contribution is 5.79. The average molecular weight is 341 g/mol. The number of nitrogens with zero attached hydrogens (tertiary/aromatic N) is 2. The number of methoxy groups -OCH3 is 1. The molecule has 0 saturated carbocycles. The van der Waals surface area contributed by atoms with Crippen molar-refractivity contribution in [2.45, 2.75) is 6.42 Å². The fourth-order valence-corrected chi connectivity index (χ4v) is 2.42. The second-order valence-electron chi connectivity index (χ2n) is 5.66. The van der Waals surface area contributed by atoms with E-state index in [0.29, 0.717) is 6.61 Å². The number of guanidine groups is 1. The number of rotatable bonds is 8. The van der Waals surface area contributed by atoms with Crippen LogP contribution in [0.15, 0.2) is 59.6 Å². The largest absolute Gasteiger partial charge is 0.497 e. The van der Waals surface area contributed by atoms with Crippen LogP contribution >= 0.6 is 0 Å². The highest BCUT2D eigenvalue weighted by Gasteiger charge is 2.05. The van der Waals surface area contributed by atoms with E-state index in [-0.39, 0.29) is 0 Å². The summed E-state index contributed by atoms with van der Waals surface area (Å²) in [6, 6.07) is 18.0. The number of nitrogens with one attached hydrogen (secondary N) is 1. The predicted octanol–water partition coefficient (Wildman–Crippen LogP) is 2.82. The zero-order valence-corrected chi connectivity index (χ0v) is 15.2. The van der Waals surface area contributed by atoms with E-state index in [2.05, 4.69) is 27.3 Å². The zero-order valence-electron chi connectivity index (χ0n) is 15.2. The maximum atomic E-state index is 5.73. The Hall–Kier alpha value is -2.69. The van der Waals surface area contributed by atoms with E-state index in [0.717, 1.165) is 37.0 Å². The van der Waals surface area contributed by atoms with Crippen molar-refractivity contribution in [1.29, 1.82) is 0 Å². The summed E-state index contributed by atoms with van der Waals surface area (Å²) >= 11 is 0. The first kappa shape index (κ1) is 18.6. The van der Waals surface area contributed by atoms with E-state index in [1.165, 1.54) is 5.56 Å². The third-order valence-electron chi connectivity index (χ3n) is 3.87. The van der Waals surface area contributed by atoms with Gasteiger partial charge in [0.1, 0.15) is 18.1 Å². The van der Waals surface area contributed by atoms with Crippen molar-refractivity contribution in [3.63, 3.8) is 0 Å². The number of benzene rings is 2. The lowest BCUT2D eigenvalue weighted by Gasteiger charge is -2.22. The normalized spacial score (nSPS) is 11.1. The second-order valence-corrected chi connectivity index (χ2v) is 5.66. The molecule has 0 aliphatic rings. The average Bonchev–Trinajstić information content (AvgIpc) is 2.66. The van der Waals surface area contributed by atoms with Gasteiger partial charge in [-0.05, 0) is 36.2 Å². The summed E-state index contributed by atoms with van der Waals surface area (Å²) in [4.78, 5) is 6.39. The van der Waals surface area contributed by atoms with Gasteiger partial charge in [0, 0.05) is 20.6 Å². The van der Waals surface area contributed by atoms with Crippen LogP contribution in [0.5, 0.6) is 11.5 Å². The van der Waals surface area contributed by atoms with Gasteiger partial charge in [0.05, 0.1) is 13.7 Å². The molecule has 2 aromatic rings. The van der Waals surface area contributed by atoms with E-state index in [9.17, 15) is 0 Å². The topological polar surface area (TPSA) is 46.1 Å². The van der Waals surface area contributed by atoms with Gasteiger partial charge in [-0.15, -0.1) is 0 Å². The van der Waals surface area contributed by atoms with E-state index in [1.54, 1.807) is 14.2 Å². The molecule has 25 heavy (non-hydrogen) atoms. The van der Waals surface area contributed by atoms with Gasteiger partial charge in [-0.2, -0.15) is 0 Å². The number of hydrogen-bond donors (Lipinski definition) is 1. The van der Waals surface area contributed by atoms with Crippen molar-refractivity contribution in [2.75, 3.05) is 40.9 Å². The molecule has 2 rings (SSSR count). The van der Waals surface area contributed by atoms with Crippen molar-refractivity contribution >= 4 is 5.96 Å². The van der Waals surface area contributed by atoms with Gasteiger partial charge in [-0.1, -0.05) is 30.3 Å². The third kappa shape index (κ3) is 6.37. The minimum Gasteiger partial charge on any atom is -0.497 e. The van der Waals surface area contributed by atoms with Crippen LogP contribution in [0.25, 0.3) is 0 Å². The molecule has 0 fully saturated rings. The number of ether oxygens (including phenoxy) is 2. The smallest absolute Gasteiger partial charge is 0.193 e. The first-order valence-electron chi connectivity index (χ1n) is 8.45. The Labute approximate surface area is 150 Å². The highest BCUT2D eigenvalue weighted by atomic mass is 16.5. The molecule has 0 saturated heterocycles. The van der Waals surface area contributed by atoms with E-state index >= 15 is 0 Å². The molecule has 0 atom stereocenters. The SMILES string of the molecule is CN=C(NCCc1ccc(OC)cc1)N(C)CCOc1ccccc1. The number of aliphatic imine (C=N–C) groups is 1. The number of likely N-dealkylation sites (N-methyl/N-ethyl adjacent to an activating group) is 1. The Morgan fingerprint density at radius 2 is 1.76 bits per heavy atom. The monoisotopic (exact) mass is 341 g/mol. The van der Waals surface area contributed by atoms with E-state index in [4.69, 9.17) is 9.47 Å². The Balaban J connectivity index is 1.71. The number of para-hydroxylation sites is 1. The predicted molar refractivity (Wildman–Crippen MR) is 103 cm³/mol. The molecule has 0 amide bonds. The maximum Gasteiger partial charge on any atom is 0.193 e. The van der Waals surface area contributed by atoms with Crippen LogP contribution in [0.1, 0.15) is 5.56 Å². The Morgan fingerprint density at radius 3 is 2.40 bits per heavy atom. The van der Waals surface area contributed by atoms with Crippen LogP contribution in [0.3, 0.4) is 0 Å². The van der Waals surface area contributed by atoms with E-state index < -0.39 is 0 Å². The molecule has 0 bridgehead atoms. The standard InChI is InChI=1S/C20H27N3O2/c1-21-20(22-14-13-17-9-11-18(24-3)12-10-17)23(2)15-16-25-19-7-5-4-6-8-19/h4-12H,13-16H2,1-3H3,(H,21,22). The first-order chi connectivity index (χ1) is 12.2. The summed E-state index contributed by atoms with van der Waals surface area (Å²) in [5.74, 6) is 2.63. The Morgan fingerprint density at radius 1 is 1.04 bits per heavy atom. The van der Waals surface area contributed by atoms with Gasteiger partial charge < -0.3 is 19.7 Å². The molecule has 5 nitrogen and oxygen atoms in total. The van der Waals surface area contributed by atoms with E-state index in [1.807, 2.05) is 49.5 Å². The summed E-state index contributed by atoms with van der Waals surface area (Å²) in [7, 11) is 5.49. The quantitative estimate of drug-likeness (QED) is 0.592. The first-order valence-corrected chi connectivity index (χ1v) is 8.45. The molecule has 0 unspecified atom stereocenters. The summed E-state index contributed by atoms with van der Waals surface area (Å²) in [5.41, 5.74) is 1.26. The molecule has 0 aromatic heterocycles. The molecule has 5 heteroatoms. The fraction of sp³-hybridized carbons (Fsp3) is 0.350. The molecule has 0 aliphatic carbocycles. The molecular formula is C20H27N3O2. The minimum atomic E-state index is 0.611. The number of hydrogen-bond acceptors (Lipinski definition) is 3. The van der Waals surface area contributed by atoms with Crippen molar-refractivity contribution in [3.05, 3.63) is 60.2 Å². The molecule has 0 heterocycles. The molecule has 0 aliphatic heterocycles. The summed E-state index contributed by atoms with van der Waals surface area (Å²) < 4.78 is 10.9. The Kier molecular flexibility index (Phi) is 7.63.